The first kappa shape index (κ1) is 16.3. The first-order valence-corrected chi connectivity index (χ1v) is 7.74. The molecule has 0 aliphatic rings. The number of unbranched alkanes of at least 4 members (excludes halogenated alkanes) is 2. The van der Waals surface area contributed by atoms with Gasteiger partial charge in [-0.05, 0) is 36.2 Å². The molecular formula is C18H23FN2O. The molecule has 0 unspecified atom stereocenters. The van der Waals surface area contributed by atoms with Crippen LogP contribution in [0.5, 0.6) is 5.75 Å². The van der Waals surface area contributed by atoms with Crippen LogP contribution in [0.3, 0.4) is 0 Å². The van der Waals surface area contributed by atoms with Gasteiger partial charge in [-0.1, -0.05) is 44.0 Å². The highest BCUT2D eigenvalue weighted by Crippen LogP contribution is 2.19. The highest BCUT2D eigenvalue weighted by molar-refractivity contribution is 5.41. The number of benzene rings is 2. The third-order valence-corrected chi connectivity index (χ3v) is 3.30. The summed E-state index contributed by atoms with van der Waals surface area (Å²) in [5, 5.41) is 0. The Morgan fingerprint density at radius 2 is 1.86 bits per heavy atom. The molecule has 2 aromatic rings. The SMILES string of the molecule is CCCCCOc1cc(CNNc2ccccc2)ccc1F. The number of rotatable bonds is 9. The molecule has 0 aromatic heterocycles. The van der Waals surface area contributed by atoms with Crippen LogP contribution in [0.2, 0.25) is 0 Å². The van der Waals surface area contributed by atoms with Crippen LogP contribution < -0.4 is 15.6 Å². The molecule has 0 fully saturated rings. The van der Waals surface area contributed by atoms with E-state index in [0.717, 1.165) is 30.5 Å². The van der Waals surface area contributed by atoms with Gasteiger partial charge in [0.15, 0.2) is 11.6 Å². The van der Waals surface area contributed by atoms with Gasteiger partial charge >= 0.3 is 0 Å². The minimum atomic E-state index is -0.309. The molecular weight excluding hydrogens is 279 g/mol. The van der Waals surface area contributed by atoms with E-state index in [9.17, 15) is 4.39 Å². The molecule has 3 nitrogen and oxygen atoms in total. The highest BCUT2D eigenvalue weighted by atomic mass is 19.1. The summed E-state index contributed by atoms with van der Waals surface area (Å²) in [5.41, 5.74) is 8.17. The zero-order valence-corrected chi connectivity index (χ0v) is 12.9. The number of para-hydroxylation sites is 1. The van der Waals surface area contributed by atoms with Gasteiger partial charge in [0.05, 0.1) is 6.61 Å². The van der Waals surface area contributed by atoms with E-state index in [-0.39, 0.29) is 5.82 Å². The molecule has 0 radical (unpaired) electrons. The normalized spacial score (nSPS) is 10.5. The maximum Gasteiger partial charge on any atom is 0.165 e. The monoisotopic (exact) mass is 302 g/mol. The van der Waals surface area contributed by atoms with Gasteiger partial charge in [-0.15, -0.1) is 0 Å². The van der Waals surface area contributed by atoms with E-state index in [4.69, 9.17) is 4.74 Å². The number of anilines is 1. The van der Waals surface area contributed by atoms with Crippen LogP contribution in [-0.4, -0.2) is 6.61 Å². The number of ether oxygens (including phenoxy) is 1. The lowest BCUT2D eigenvalue weighted by Crippen LogP contribution is -2.20. The summed E-state index contributed by atoms with van der Waals surface area (Å²) in [6, 6.07) is 14.8. The molecule has 2 N–H and O–H groups in total. The van der Waals surface area contributed by atoms with Crippen LogP contribution in [0, 0.1) is 5.82 Å². The zero-order valence-electron chi connectivity index (χ0n) is 12.9. The number of hydrogen-bond acceptors (Lipinski definition) is 3. The van der Waals surface area contributed by atoms with Gasteiger partial charge in [0, 0.05) is 12.2 Å². The van der Waals surface area contributed by atoms with Crippen molar-refractivity contribution in [3.63, 3.8) is 0 Å². The van der Waals surface area contributed by atoms with Crippen LogP contribution in [-0.2, 0) is 6.54 Å². The highest BCUT2D eigenvalue weighted by Gasteiger charge is 2.05. The minimum Gasteiger partial charge on any atom is -0.491 e. The van der Waals surface area contributed by atoms with Gasteiger partial charge < -0.3 is 10.2 Å². The summed E-state index contributed by atoms with van der Waals surface area (Å²) in [6.45, 7) is 3.27. The Hall–Kier alpha value is -2.07. The fraction of sp³-hybridized carbons (Fsp3) is 0.333. The fourth-order valence-electron chi connectivity index (χ4n) is 2.07. The van der Waals surface area contributed by atoms with E-state index < -0.39 is 0 Å². The lowest BCUT2D eigenvalue weighted by Gasteiger charge is -2.11. The van der Waals surface area contributed by atoms with E-state index in [1.165, 1.54) is 6.07 Å². The number of hydrazine groups is 1. The standard InChI is InChI=1S/C18H23FN2O/c1-2-3-7-12-22-18-13-15(10-11-17(18)19)14-20-21-16-8-5-4-6-9-16/h4-6,8-11,13,20-21H,2-3,7,12,14H2,1H3. The molecule has 0 atom stereocenters. The third-order valence-electron chi connectivity index (χ3n) is 3.30. The van der Waals surface area contributed by atoms with Crippen molar-refractivity contribution in [1.29, 1.82) is 0 Å². The molecule has 22 heavy (non-hydrogen) atoms. The van der Waals surface area contributed by atoms with Crippen LogP contribution >= 0.6 is 0 Å². The number of halogens is 1. The van der Waals surface area contributed by atoms with Crippen molar-refractivity contribution in [1.82, 2.24) is 5.43 Å². The van der Waals surface area contributed by atoms with Gasteiger partial charge in [0.25, 0.3) is 0 Å². The second-order valence-electron chi connectivity index (χ2n) is 5.16. The maximum absolute atomic E-state index is 13.7. The molecule has 2 rings (SSSR count). The molecule has 4 heteroatoms. The molecule has 0 aliphatic carbocycles. The van der Waals surface area contributed by atoms with Crippen LogP contribution in [0.25, 0.3) is 0 Å². The Morgan fingerprint density at radius 3 is 2.64 bits per heavy atom. The summed E-state index contributed by atoms with van der Waals surface area (Å²) in [5.74, 6) is 0.0198. The Balaban J connectivity index is 1.83. The first-order valence-electron chi connectivity index (χ1n) is 7.74. The van der Waals surface area contributed by atoms with Crippen molar-refractivity contribution in [2.24, 2.45) is 0 Å². The van der Waals surface area contributed by atoms with Crippen LogP contribution in [0.4, 0.5) is 10.1 Å². The topological polar surface area (TPSA) is 33.3 Å². The van der Waals surface area contributed by atoms with Crippen molar-refractivity contribution in [2.75, 3.05) is 12.0 Å². The summed E-state index contributed by atoms with van der Waals surface area (Å²) in [4.78, 5) is 0. The van der Waals surface area contributed by atoms with Crippen LogP contribution in [0.15, 0.2) is 48.5 Å². The molecule has 118 valence electrons. The molecule has 0 amide bonds. The average molecular weight is 302 g/mol. The minimum absolute atomic E-state index is 0.309. The second kappa shape index (κ2) is 9.05. The molecule has 2 aromatic carbocycles. The van der Waals surface area contributed by atoms with Crippen molar-refractivity contribution < 1.29 is 9.13 Å². The lowest BCUT2D eigenvalue weighted by molar-refractivity contribution is 0.291. The van der Waals surface area contributed by atoms with Crippen molar-refractivity contribution in [3.05, 3.63) is 59.9 Å². The van der Waals surface area contributed by atoms with Gasteiger partial charge in [-0.3, -0.25) is 0 Å². The predicted molar refractivity (Wildman–Crippen MR) is 88.3 cm³/mol. The molecule has 0 aliphatic heterocycles. The Morgan fingerprint density at radius 1 is 1.05 bits per heavy atom. The van der Waals surface area contributed by atoms with Crippen LogP contribution in [0.1, 0.15) is 31.7 Å². The Kier molecular flexibility index (Phi) is 6.71. The van der Waals surface area contributed by atoms with E-state index in [2.05, 4.69) is 17.8 Å². The van der Waals surface area contributed by atoms with Gasteiger partial charge in [-0.2, -0.15) is 0 Å². The fourth-order valence-corrected chi connectivity index (χ4v) is 2.07. The lowest BCUT2D eigenvalue weighted by atomic mass is 10.2. The van der Waals surface area contributed by atoms with E-state index in [1.807, 2.05) is 30.3 Å². The zero-order chi connectivity index (χ0) is 15.6. The molecule has 0 spiro atoms. The van der Waals surface area contributed by atoms with Crippen molar-refractivity contribution >= 4 is 5.69 Å². The molecule has 0 bridgehead atoms. The molecule has 0 heterocycles. The predicted octanol–water partition coefficient (Wildman–Crippen LogP) is 4.51. The maximum atomic E-state index is 13.7. The van der Waals surface area contributed by atoms with Gasteiger partial charge in [0.2, 0.25) is 0 Å². The quantitative estimate of drug-likeness (QED) is 0.528. The summed E-state index contributed by atoms with van der Waals surface area (Å²) < 4.78 is 19.2. The van der Waals surface area contributed by atoms with E-state index >= 15 is 0 Å². The Bertz CT molecular complexity index is 560. The third kappa shape index (κ3) is 5.37. The Labute approximate surface area is 131 Å². The summed E-state index contributed by atoms with van der Waals surface area (Å²) in [7, 11) is 0. The first-order chi connectivity index (χ1) is 10.8. The second-order valence-corrected chi connectivity index (χ2v) is 5.16. The summed E-state index contributed by atoms with van der Waals surface area (Å²) >= 11 is 0. The van der Waals surface area contributed by atoms with E-state index in [0.29, 0.717) is 18.9 Å². The number of hydrogen-bond donors (Lipinski definition) is 2. The largest absolute Gasteiger partial charge is 0.491 e. The van der Waals surface area contributed by atoms with Gasteiger partial charge in [-0.25, -0.2) is 9.82 Å². The smallest absolute Gasteiger partial charge is 0.165 e. The molecule has 0 saturated heterocycles. The van der Waals surface area contributed by atoms with Crippen molar-refractivity contribution in [2.45, 2.75) is 32.7 Å². The average Bonchev–Trinajstić information content (AvgIpc) is 2.55. The van der Waals surface area contributed by atoms with Crippen molar-refractivity contribution in [3.8, 4) is 5.75 Å². The van der Waals surface area contributed by atoms with E-state index in [1.54, 1.807) is 12.1 Å². The van der Waals surface area contributed by atoms with Gasteiger partial charge in [0.1, 0.15) is 0 Å². The number of nitrogens with one attached hydrogen (secondary N) is 2. The molecule has 0 saturated carbocycles. The summed E-state index contributed by atoms with van der Waals surface area (Å²) in [6.07, 6.45) is 3.18.